The fraction of sp³-hybridized carbons (Fsp3) is 0.273. The van der Waals surface area contributed by atoms with Crippen molar-refractivity contribution in [3.63, 3.8) is 0 Å². The Bertz CT molecular complexity index is 1210. The largest absolute Gasteiger partial charge is 0.416 e. The van der Waals surface area contributed by atoms with Crippen LogP contribution in [-0.4, -0.2) is 31.7 Å². The number of nitrogens with zero attached hydrogens (tertiary/aromatic N) is 4. The van der Waals surface area contributed by atoms with Gasteiger partial charge in [0.25, 0.3) is 0 Å². The lowest BCUT2D eigenvalue weighted by atomic mass is 9.95. The number of hydrogen-bond acceptors (Lipinski definition) is 5. The van der Waals surface area contributed by atoms with Crippen LogP contribution in [0.25, 0.3) is 5.69 Å². The van der Waals surface area contributed by atoms with Gasteiger partial charge in [-0.25, -0.2) is 4.68 Å². The van der Waals surface area contributed by atoms with E-state index in [0.29, 0.717) is 22.7 Å². The van der Waals surface area contributed by atoms with E-state index in [9.17, 15) is 23.1 Å². The number of nitrogens with one attached hydrogen (secondary N) is 1. The van der Waals surface area contributed by atoms with Crippen molar-refractivity contribution in [2.45, 2.75) is 39.0 Å². The Morgan fingerprint density at radius 3 is 2.69 bits per heavy atom. The van der Waals surface area contributed by atoms with Crippen LogP contribution in [0.5, 0.6) is 0 Å². The number of aliphatic hydroxyl groups is 1. The molecule has 0 aliphatic carbocycles. The minimum atomic E-state index is -4.55. The van der Waals surface area contributed by atoms with E-state index in [1.165, 1.54) is 16.9 Å². The van der Waals surface area contributed by atoms with Crippen molar-refractivity contribution < 1.29 is 23.1 Å². The van der Waals surface area contributed by atoms with Crippen LogP contribution in [0.15, 0.2) is 47.6 Å². The van der Waals surface area contributed by atoms with Crippen LogP contribution in [0.4, 0.5) is 24.5 Å². The molecule has 10 heteroatoms. The molecule has 0 saturated heterocycles. The van der Waals surface area contributed by atoms with E-state index >= 15 is 0 Å². The molecule has 0 atom stereocenters. The first-order chi connectivity index (χ1) is 15.2. The maximum atomic E-state index is 13.6. The van der Waals surface area contributed by atoms with Crippen LogP contribution in [0.3, 0.4) is 0 Å². The standard InChI is InChI=1S/C22H20F3N5O2/c1-12(2)16-7-19-20(8-17(16)22(23,24)25)28-21(32)9-18(27-19)13-4-3-5-14(6-13)30-15(11-31)10-26-29-30/h3-8,10,12,31H,9,11H2,1-2H3,(H,28,32). The van der Waals surface area contributed by atoms with E-state index in [-0.39, 0.29) is 35.9 Å². The topological polar surface area (TPSA) is 92.4 Å². The molecular weight excluding hydrogens is 423 g/mol. The first-order valence-electron chi connectivity index (χ1n) is 9.91. The number of carbonyl (C=O) groups excluding carboxylic acids is 1. The Morgan fingerprint density at radius 2 is 2.00 bits per heavy atom. The van der Waals surface area contributed by atoms with Crippen molar-refractivity contribution in [2.75, 3.05) is 5.32 Å². The minimum Gasteiger partial charge on any atom is -0.390 e. The van der Waals surface area contributed by atoms with Gasteiger partial charge in [0.15, 0.2) is 0 Å². The van der Waals surface area contributed by atoms with Gasteiger partial charge in [0, 0.05) is 0 Å². The number of rotatable bonds is 4. The molecule has 1 amide bonds. The number of aliphatic imine (C=N–C) groups is 1. The fourth-order valence-electron chi connectivity index (χ4n) is 3.62. The molecule has 7 nitrogen and oxygen atoms in total. The summed E-state index contributed by atoms with van der Waals surface area (Å²) in [6.45, 7) is 3.10. The molecule has 2 heterocycles. The van der Waals surface area contributed by atoms with Crippen LogP contribution in [-0.2, 0) is 17.6 Å². The summed E-state index contributed by atoms with van der Waals surface area (Å²) < 4.78 is 42.2. The van der Waals surface area contributed by atoms with Crippen molar-refractivity contribution in [2.24, 2.45) is 4.99 Å². The highest BCUT2D eigenvalue weighted by Crippen LogP contribution is 2.41. The highest BCUT2D eigenvalue weighted by Gasteiger charge is 2.35. The van der Waals surface area contributed by atoms with Crippen LogP contribution in [0.2, 0.25) is 0 Å². The number of fused-ring (bicyclic) bond motifs is 1. The summed E-state index contributed by atoms with van der Waals surface area (Å²) in [5.41, 5.74) is 1.72. The lowest BCUT2D eigenvalue weighted by molar-refractivity contribution is -0.138. The zero-order chi connectivity index (χ0) is 23.0. The smallest absolute Gasteiger partial charge is 0.390 e. The summed E-state index contributed by atoms with van der Waals surface area (Å²) in [5.74, 6) is -0.850. The predicted octanol–water partition coefficient (Wildman–Crippen LogP) is 4.36. The number of carbonyl (C=O) groups is 1. The minimum absolute atomic E-state index is 0.0247. The van der Waals surface area contributed by atoms with E-state index in [0.717, 1.165) is 6.07 Å². The molecule has 2 N–H and O–H groups in total. The number of anilines is 1. The maximum absolute atomic E-state index is 13.6. The lowest BCUT2D eigenvalue weighted by Crippen LogP contribution is -2.16. The van der Waals surface area contributed by atoms with Crippen molar-refractivity contribution in [1.29, 1.82) is 0 Å². The quantitative estimate of drug-likeness (QED) is 0.627. The van der Waals surface area contributed by atoms with Crippen molar-refractivity contribution in [1.82, 2.24) is 15.0 Å². The van der Waals surface area contributed by atoms with Gasteiger partial charge in [0.05, 0.1) is 53.3 Å². The number of aromatic nitrogens is 3. The van der Waals surface area contributed by atoms with Gasteiger partial charge in [0.2, 0.25) is 5.91 Å². The molecule has 0 bridgehead atoms. The van der Waals surface area contributed by atoms with Gasteiger partial charge in [-0.15, -0.1) is 5.10 Å². The number of hydrogen-bond donors (Lipinski definition) is 2. The first-order valence-corrected chi connectivity index (χ1v) is 9.91. The lowest BCUT2D eigenvalue weighted by Gasteiger charge is -2.18. The average molecular weight is 443 g/mol. The zero-order valence-corrected chi connectivity index (χ0v) is 17.3. The summed E-state index contributed by atoms with van der Waals surface area (Å²) in [7, 11) is 0. The molecule has 0 fully saturated rings. The number of amides is 1. The van der Waals surface area contributed by atoms with E-state index in [2.05, 4.69) is 20.6 Å². The van der Waals surface area contributed by atoms with Gasteiger partial charge in [-0.05, 0) is 41.3 Å². The normalized spacial score (nSPS) is 14.1. The van der Waals surface area contributed by atoms with Crippen LogP contribution >= 0.6 is 0 Å². The zero-order valence-electron chi connectivity index (χ0n) is 17.3. The molecule has 2 aromatic carbocycles. The van der Waals surface area contributed by atoms with E-state index in [1.807, 2.05) is 0 Å². The third-order valence-corrected chi connectivity index (χ3v) is 5.16. The molecule has 1 aromatic heterocycles. The molecular formula is C22H20F3N5O2. The summed E-state index contributed by atoms with van der Waals surface area (Å²) >= 11 is 0. The second-order valence-corrected chi connectivity index (χ2v) is 7.74. The molecule has 32 heavy (non-hydrogen) atoms. The summed E-state index contributed by atoms with van der Waals surface area (Å²) in [5, 5.41) is 19.8. The van der Waals surface area contributed by atoms with Gasteiger partial charge >= 0.3 is 6.18 Å². The Balaban J connectivity index is 1.83. The van der Waals surface area contributed by atoms with Crippen LogP contribution < -0.4 is 5.32 Å². The molecule has 1 aliphatic rings. The Kier molecular flexibility index (Phi) is 5.55. The number of benzene rings is 2. The second kappa shape index (κ2) is 8.19. The Labute approximate surface area is 181 Å². The van der Waals surface area contributed by atoms with Gasteiger partial charge < -0.3 is 10.4 Å². The van der Waals surface area contributed by atoms with Crippen LogP contribution in [0.1, 0.15) is 48.6 Å². The second-order valence-electron chi connectivity index (χ2n) is 7.74. The summed E-state index contributed by atoms with van der Waals surface area (Å²) in [6, 6.07) is 9.33. The van der Waals surface area contributed by atoms with Crippen molar-refractivity contribution >= 4 is 23.0 Å². The SMILES string of the molecule is CC(C)c1cc2c(cc1C(F)(F)F)NC(=O)CC(c1cccc(-n3nncc3CO)c1)=N2. The number of alkyl halides is 3. The Morgan fingerprint density at radius 1 is 1.22 bits per heavy atom. The monoisotopic (exact) mass is 443 g/mol. The molecule has 0 spiro atoms. The van der Waals surface area contributed by atoms with Gasteiger partial charge in [-0.3, -0.25) is 9.79 Å². The van der Waals surface area contributed by atoms with E-state index < -0.39 is 17.6 Å². The fourth-order valence-corrected chi connectivity index (χ4v) is 3.62. The molecule has 3 aromatic rings. The summed E-state index contributed by atoms with van der Waals surface area (Å²) in [4.78, 5) is 17.1. The maximum Gasteiger partial charge on any atom is 0.416 e. The highest BCUT2D eigenvalue weighted by atomic mass is 19.4. The van der Waals surface area contributed by atoms with E-state index in [4.69, 9.17) is 0 Å². The predicted molar refractivity (Wildman–Crippen MR) is 112 cm³/mol. The van der Waals surface area contributed by atoms with Gasteiger partial charge in [-0.1, -0.05) is 31.2 Å². The molecule has 0 unspecified atom stereocenters. The van der Waals surface area contributed by atoms with Crippen molar-refractivity contribution in [3.05, 3.63) is 65.0 Å². The highest BCUT2D eigenvalue weighted by molar-refractivity contribution is 6.17. The molecule has 1 aliphatic heterocycles. The first kappa shape index (κ1) is 21.7. The molecule has 166 valence electrons. The summed E-state index contributed by atoms with van der Waals surface area (Å²) in [6.07, 6.45) is -3.22. The van der Waals surface area contributed by atoms with Gasteiger partial charge in [-0.2, -0.15) is 13.2 Å². The third-order valence-electron chi connectivity index (χ3n) is 5.16. The van der Waals surface area contributed by atoms with E-state index in [1.54, 1.807) is 38.1 Å². The number of aliphatic hydroxyl groups excluding tert-OH is 1. The third kappa shape index (κ3) is 4.13. The van der Waals surface area contributed by atoms with Crippen molar-refractivity contribution in [3.8, 4) is 5.69 Å². The molecule has 0 radical (unpaired) electrons. The van der Waals surface area contributed by atoms with Crippen LogP contribution in [0, 0.1) is 0 Å². The number of halogens is 3. The molecule has 4 rings (SSSR count). The Hall–Kier alpha value is -3.53. The molecule has 0 saturated carbocycles. The van der Waals surface area contributed by atoms with Gasteiger partial charge in [0.1, 0.15) is 0 Å². The average Bonchev–Trinajstić information content (AvgIpc) is 3.15.